The van der Waals surface area contributed by atoms with Crippen LogP contribution in [0.25, 0.3) is 0 Å². The molecule has 0 fully saturated rings. The van der Waals surface area contributed by atoms with E-state index >= 15 is 0 Å². The number of hydrogen-bond acceptors (Lipinski definition) is 7. The van der Waals surface area contributed by atoms with Crippen molar-refractivity contribution in [2.45, 2.75) is 20.5 Å². The molecule has 0 saturated heterocycles. The second-order valence-electron chi connectivity index (χ2n) is 5.33. The summed E-state index contributed by atoms with van der Waals surface area (Å²) in [5.41, 5.74) is 0.714. The molecule has 0 spiro atoms. The van der Waals surface area contributed by atoms with Gasteiger partial charge in [0.2, 0.25) is 5.75 Å². The molecule has 3 aromatic rings. The number of rotatable bonds is 6. The Hall–Kier alpha value is -3.42. The van der Waals surface area contributed by atoms with E-state index in [1.807, 2.05) is 0 Å². The summed E-state index contributed by atoms with van der Waals surface area (Å²) in [6, 6.07) is 11.5. The first-order valence-electron chi connectivity index (χ1n) is 7.46. The van der Waals surface area contributed by atoms with Crippen LogP contribution in [0.3, 0.4) is 0 Å². The minimum atomic E-state index is -0.466. The van der Waals surface area contributed by atoms with Crippen molar-refractivity contribution in [2.75, 3.05) is 0 Å². The van der Waals surface area contributed by atoms with E-state index in [1.54, 1.807) is 50.2 Å². The Morgan fingerprint density at radius 2 is 1.84 bits per heavy atom. The summed E-state index contributed by atoms with van der Waals surface area (Å²) in [7, 11) is 0. The molecule has 8 heteroatoms. The minimum absolute atomic E-state index is 0.0768. The molecule has 2 aromatic carbocycles. The average molecular weight is 341 g/mol. The van der Waals surface area contributed by atoms with Crippen LogP contribution in [0, 0.1) is 24.0 Å². The number of nitro groups is 1. The van der Waals surface area contributed by atoms with Gasteiger partial charge in [-0.1, -0.05) is 11.2 Å². The number of hydrogen-bond donors (Lipinski definition) is 0. The smallest absolute Gasteiger partial charge is 0.311 e. The maximum Gasteiger partial charge on any atom is 0.311 e. The van der Waals surface area contributed by atoms with Crippen LogP contribution >= 0.6 is 0 Å². The molecule has 0 radical (unpaired) electrons. The van der Waals surface area contributed by atoms with Gasteiger partial charge in [0.1, 0.15) is 11.5 Å². The largest absolute Gasteiger partial charge is 0.484 e. The molecule has 0 bridgehead atoms. The molecule has 1 aromatic heterocycles. The monoisotopic (exact) mass is 341 g/mol. The number of ether oxygens (including phenoxy) is 2. The molecular formula is C17H15N3O5. The van der Waals surface area contributed by atoms with Gasteiger partial charge in [0, 0.05) is 6.07 Å². The third-order valence-electron chi connectivity index (χ3n) is 3.29. The van der Waals surface area contributed by atoms with Crippen molar-refractivity contribution in [3.8, 4) is 17.2 Å². The van der Waals surface area contributed by atoms with Crippen LogP contribution in [0.15, 0.2) is 47.0 Å². The van der Waals surface area contributed by atoms with Gasteiger partial charge in [0.05, 0.1) is 4.92 Å². The zero-order chi connectivity index (χ0) is 17.8. The van der Waals surface area contributed by atoms with Gasteiger partial charge in [-0.15, -0.1) is 0 Å². The van der Waals surface area contributed by atoms with E-state index in [1.165, 1.54) is 6.07 Å². The highest BCUT2D eigenvalue weighted by atomic mass is 16.6. The Bertz CT molecular complexity index is 890. The van der Waals surface area contributed by atoms with Gasteiger partial charge in [-0.2, -0.15) is 4.98 Å². The van der Waals surface area contributed by atoms with E-state index < -0.39 is 4.92 Å². The van der Waals surface area contributed by atoms with Crippen LogP contribution in [-0.2, 0) is 6.61 Å². The van der Waals surface area contributed by atoms with Crippen LogP contribution in [-0.4, -0.2) is 15.1 Å². The van der Waals surface area contributed by atoms with Gasteiger partial charge < -0.3 is 14.0 Å². The van der Waals surface area contributed by atoms with E-state index in [9.17, 15) is 10.1 Å². The molecule has 3 rings (SSSR count). The number of benzene rings is 2. The molecule has 0 aliphatic heterocycles. The Balaban J connectivity index is 1.67. The summed E-state index contributed by atoms with van der Waals surface area (Å²) in [4.78, 5) is 14.7. The molecule has 0 N–H and O–H groups in total. The summed E-state index contributed by atoms with van der Waals surface area (Å²) in [6.07, 6.45) is 0. The third kappa shape index (κ3) is 4.11. The van der Waals surface area contributed by atoms with Gasteiger partial charge in [-0.3, -0.25) is 10.1 Å². The Morgan fingerprint density at radius 1 is 1.12 bits per heavy atom. The van der Waals surface area contributed by atoms with Crippen molar-refractivity contribution >= 4 is 5.69 Å². The third-order valence-corrected chi connectivity index (χ3v) is 3.29. The maximum atomic E-state index is 11.1. The molecule has 0 aliphatic rings. The fraction of sp³-hybridized carbons (Fsp3) is 0.176. The summed E-state index contributed by atoms with van der Waals surface area (Å²) in [6.45, 7) is 3.67. The van der Waals surface area contributed by atoms with Crippen LogP contribution in [0.4, 0.5) is 5.69 Å². The fourth-order valence-corrected chi connectivity index (χ4v) is 2.13. The van der Waals surface area contributed by atoms with E-state index in [0.29, 0.717) is 23.2 Å². The molecule has 0 atom stereocenters. The number of nitro benzene ring substituents is 1. The Morgan fingerprint density at radius 3 is 2.48 bits per heavy atom. The molecule has 0 aliphatic carbocycles. The number of aromatic nitrogens is 2. The van der Waals surface area contributed by atoms with Gasteiger partial charge >= 0.3 is 5.69 Å². The molecule has 1 heterocycles. The summed E-state index contributed by atoms with van der Waals surface area (Å²) in [5.74, 6) is 2.16. The number of aryl methyl sites for hydroxylation is 2. The quantitative estimate of drug-likeness (QED) is 0.494. The predicted molar refractivity (Wildman–Crippen MR) is 87.7 cm³/mol. The maximum absolute atomic E-state index is 11.1. The lowest BCUT2D eigenvalue weighted by atomic mass is 10.2. The van der Waals surface area contributed by atoms with E-state index in [0.717, 1.165) is 5.56 Å². The second kappa shape index (κ2) is 7.00. The first-order chi connectivity index (χ1) is 12.0. The van der Waals surface area contributed by atoms with Crippen molar-refractivity contribution in [2.24, 2.45) is 0 Å². The van der Waals surface area contributed by atoms with Crippen molar-refractivity contribution in [3.63, 3.8) is 0 Å². The fourth-order valence-electron chi connectivity index (χ4n) is 2.13. The van der Waals surface area contributed by atoms with Crippen molar-refractivity contribution < 1.29 is 18.9 Å². The second-order valence-corrected chi connectivity index (χ2v) is 5.33. The van der Waals surface area contributed by atoms with E-state index in [2.05, 4.69) is 10.1 Å². The molecule has 0 unspecified atom stereocenters. The zero-order valence-electron chi connectivity index (χ0n) is 13.6. The minimum Gasteiger partial charge on any atom is -0.484 e. The van der Waals surface area contributed by atoms with Crippen molar-refractivity contribution in [3.05, 3.63) is 69.9 Å². The topological polar surface area (TPSA) is 101 Å². The van der Waals surface area contributed by atoms with Crippen LogP contribution in [0.5, 0.6) is 17.2 Å². The lowest BCUT2D eigenvalue weighted by Crippen LogP contribution is -1.96. The highest BCUT2D eigenvalue weighted by Gasteiger charge is 2.16. The van der Waals surface area contributed by atoms with Gasteiger partial charge in [-0.05, 0) is 49.7 Å². The van der Waals surface area contributed by atoms with Gasteiger partial charge in [0.25, 0.3) is 5.89 Å². The van der Waals surface area contributed by atoms with Crippen LogP contribution in [0.1, 0.15) is 17.3 Å². The summed E-state index contributed by atoms with van der Waals surface area (Å²) >= 11 is 0. The molecule has 128 valence electrons. The lowest BCUT2D eigenvalue weighted by Gasteiger charge is -2.08. The SMILES string of the molecule is Cc1ccc(Oc2ccc(OCc3nc(C)no3)cc2)c([N+](=O)[O-])c1. The normalized spacial score (nSPS) is 10.5. The molecular weight excluding hydrogens is 326 g/mol. The zero-order valence-corrected chi connectivity index (χ0v) is 13.6. The van der Waals surface area contributed by atoms with Crippen molar-refractivity contribution in [1.29, 1.82) is 0 Å². The van der Waals surface area contributed by atoms with Crippen molar-refractivity contribution in [1.82, 2.24) is 10.1 Å². The highest BCUT2D eigenvalue weighted by Crippen LogP contribution is 2.32. The first kappa shape index (κ1) is 16.4. The van der Waals surface area contributed by atoms with Crippen LogP contribution < -0.4 is 9.47 Å². The highest BCUT2D eigenvalue weighted by molar-refractivity contribution is 5.50. The Kier molecular flexibility index (Phi) is 4.60. The van der Waals surface area contributed by atoms with E-state index in [4.69, 9.17) is 14.0 Å². The summed E-state index contributed by atoms with van der Waals surface area (Å²) < 4.78 is 16.1. The van der Waals surface area contributed by atoms with Crippen LogP contribution in [0.2, 0.25) is 0 Å². The first-order valence-corrected chi connectivity index (χ1v) is 7.46. The standard InChI is InChI=1S/C17H15N3O5/c1-11-3-8-16(15(9-11)20(21)22)24-14-6-4-13(5-7-14)23-10-17-18-12(2)19-25-17/h3-9H,10H2,1-2H3. The Labute approximate surface area is 143 Å². The molecule has 25 heavy (non-hydrogen) atoms. The van der Waals surface area contributed by atoms with Gasteiger partial charge in [0.15, 0.2) is 12.4 Å². The molecule has 0 saturated carbocycles. The molecule has 0 amide bonds. The van der Waals surface area contributed by atoms with Gasteiger partial charge in [-0.25, -0.2) is 0 Å². The van der Waals surface area contributed by atoms with E-state index in [-0.39, 0.29) is 18.0 Å². The average Bonchev–Trinajstić information content (AvgIpc) is 3.01. The predicted octanol–water partition coefficient (Wildman–Crippen LogP) is 3.97. The molecule has 8 nitrogen and oxygen atoms in total. The summed E-state index contributed by atoms with van der Waals surface area (Å²) in [5, 5.41) is 14.8. The lowest BCUT2D eigenvalue weighted by molar-refractivity contribution is -0.385. The number of nitrogens with zero attached hydrogens (tertiary/aromatic N) is 3.